The third-order valence-corrected chi connectivity index (χ3v) is 4.32. The Morgan fingerprint density at radius 1 is 1.05 bits per heavy atom. The first kappa shape index (κ1) is 13.6. The van der Waals surface area contributed by atoms with Crippen LogP contribution in [0.4, 0.5) is 0 Å². The van der Waals surface area contributed by atoms with Gasteiger partial charge in [-0.05, 0) is 23.8 Å². The number of benzene rings is 2. The molecule has 0 saturated carbocycles. The Kier molecular flexibility index (Phi) is 3.30. The van der Waals surface area contributed by atoms with Gasteiger partial charge in [-0.2, -0.15) is 0 Å². The molecule has 0 amide bonds. The van der Waals surface area contributed by atoms with Gasteiger partial charge in [-0.15, -0.1) is 0 Å². The summed E-state index contributed by atoms with van der Waals surface area (Å²) in [6.07, 6.45) is -0.796. The van der Waals surface area contributed by atoms with Gasteiger partial charge in [-0.25, -0.2) is 4.98 Å². The predicted octanol–water partition coefficient (Wildman–Crippen LogP) is 2.57. The molecule has 3 aromatic rings. The molecule has 2 heterocycles. The number of pyridine rings is 1. The lowest BCUT2D eigenvalue weighted by Crippen LogP contribution is -2.24. The molecule has 1 unspecified atom stereocenters. The maximum atomic E-state index is 9.87. The lowest BCUT2D eigenvalue weighted by atomic mass is 10.0. The van der Waals surface area contributed by atoms with E-state index in [0.717, 1.165) is 27.4 Å². The van der Waals surface area contributed by atoms with Gasteiger partial charge in [0.2, 0.25) is 0 Å². The number of rotatable bonds is 2. The molecule has 4 rings (SSSR count). The van der Waals surface area contributed by atoms with Gasteiger partial charge in [0, 0.05) is 17.2 Å². The molecule has 22 heavy (non-hydrogen) atoms. The minimum atomic E-state index is -0.616. The Hall–Kier alpha value is -2.01. The molecule has 0 aliphatic carbocycles. The second kappa shape index (κ2) is 5.32. The van der Waals surface area contributed by atoms with Gasteiger partial charge in [-0.1, -0.05) is 30.3 Å². The number of ether oxygens (including phenoxy) is 1. The normalized spacial score (nSPS) is 25.1. The first-order chi connectivity index (χ1) is 10.7. The molecule has 4 heteroatoms. The van der Waals surface area contributed by atoms with Gasteiger partial charge in [0.1, 0.15) is 6.10 Å². The van der Waals surface area contributed by atoms with E-state index >= 15 is 0 Å². The molecule has 3 atom stereocenters. The third kappa shape index (κ3) is 2.25. The molecule has 1 aliphatic rings. The zero-order chi connectivity index (χ0) is 15.1. The lowest BCUT2D eigenvalue weighted by molar-refractivity contribution is -0.0225. The number of para-hydroxylation sites is 1. The Labute approximate surface area is 128 Å². The van der Waals surface area contributed by atoms with E-state index < -0.39 is 12.2 Å². The topological polar surface area (TPSA) is 62.6 Å². The molecule has 4 nitrogen and oxygen atoms in total. The quantitative estimate of drug-likeness (QED) is 0.713. The molecule has 1 fully saturated rings. The van der Waals surface area contributed by atoms with Crippen LogP contribution in [0.5, 0.6) is 0 Å². The summed E-state index contributed by atoms with van der Waals surface area (Å²) in [5.74, 6) is 0. The van der Waals surface area contributed by atoms with Crippen molar-refractivity contribution >= 4 is 21.8 Å². The second-order valence-corrected chi connectivity index (χ2v) is 5.78. The molecule has 1 aromatic heterocycles. The second-order valence-electron chi connectivity index (χ2n) is 5.78. The van der Waals surface area contributed by atoms with Gasteiger partial charge >= 0.3 is 0 Å². The van der Waals surface area contributed by atoms with Gasteiger partial charge in [0.25, 0.3) is 0 Å². The highest BCUT2D eigenvalue weighted by Gasteiger charge is 2.34. The van der Waals surface area contributed by atoms with Crippen molar-refractivity contribution in [2.45, 2.75) is 24.7 Å². The van der Waals surface area contributed by atoms with E-state index in [9.17, 15) is 10.2 Å². The SMILES string of the molecule is OC[C@H]1O[C@H](c2ccc3cc4ccccc4nc3c2)CC1O. The Balaban J connectivity index is 1.75. The van der Waals surface area contributed by atoms with Crippen molar-refractivity contribution in [1.82, 2.24) is 4.98 Å². The number of aliphatic hydroxyl groups is 2. The van der Waals surface area contributed by atoms with Crippen LogP contribution >= 0.6 is 0 Å². The summed E-state index contributed by atoms with van der Waals surface area (Å²) in [5, 5.41) is 21.3. The largest absolute Gasteiger partial charge is 0.394 e. The molecule has 1 aliphatic heterocycles. The fourth-order valence-corrected chi connectivity index (χ4v) is 3.10. The molecule has 0 radical (unpaired) electrons. The predicted molar refractivity (Wildman–Crippen MR) is 84.6 cm³/mol. The minimum absolute atomic E-state index is 0.159. The first-order valence-electron chi connectivity index (χ1n) is 7.48. The molecule has 112 valence electrons. The zero-order valence-electron chi connectivity index (χ0n) is 12.0. The van der Waals surface area contributed by atoms with Gasteiger partial charge in [0.05, 0.1) is 29.8 Å². The highest BCUT2D eigenvalue weighted by Crippen LogP contribution is 2.34. The Morgan fingerprint density at radius 3 is 2.68 bits per heavy atom. The summed E-state index contributed by atoms with van der Waals surface area (Å²) in [6, 6.07) is 16.2. The van der Waals surface area contributed by atoms with Crippen LogP contribution in [0.2, 0.25) is 0 Å². The molecular weight excluding hydrogens is 278 g/mol. The maximum Gasteiger partial charge on any atom is 0.107 e. The summed E-state index contributed by atoms with van der Waals surface area (Å²) >= 11 is 0. The van der Waals surface area contributed by atoms with Crippen LogP contribution in [0, 0.1) is 0 Å². The zero-order valence-corrected chi connectivity index (χ0v) is 12.0. The van der Waals surface area contributed by atoms with Crippen LogP contribution < -0.4 is 0 Å². The van der Waals surface area contributed by atoms with E-state index in [-0.39, 0.29) is 12.7 Å². The maximum absolute atomic E-state index is 9.87. The standard InChI is InChI=1S/C18H17NO3/c20-10-18-16(21)9-17(22-18)13-6-5-12-7-11-3-1-2-4-14(11)19-15(12)8-13/h1-8,16-18,20-21H,9-10H2/t16?,17-,18+/m0/s1. The van der Waals surface area contributed by atoms with E-state index in [1.165, 1.54) is 0 Å². The fraction of sp³-hybridized carbons (Fsp3) is 0.278. The molecule has 2 N–H and O–H groups in total. The van der Waals surface area contributed by atoms with E-state index in [4.69, 9.17) is 9.72 Å². The Morgan fingerprint density at radius 2 is 1.86 bits per heavy atom. The molecular formula is C18H17NO3. The summed E-state index contributed by atoms with van der Waals surface area (Å²) in [7, 11) is 0. The van der Waals surface area contributed by atoms with Gasteiger partial charge < -0.3 is 14.9 Å². The number of fused-ring (bicyclic) bond motifs is 2. The highest BCUT2D eigenvalue weighted by molar-refractivity contribution is 5.92. The number of nitrogens with zero attached hydrogens (tertiary/aromatic N) is 1. The average Bonchev–Trinajstić information content (AvgIpc) is 2.93. The number of aliphatic hydroxyl groups excluding tert-OH is 2. The van der Waals surface area contributed by atoms with Crippen molar-refractivity contribution in [3.05, 3.63) is 54.1 Å². The molecule has 0 bridgehead atoms. The average molecular weight is 295 g/mol. The summed E-state index contributed by atoms with van der Waals surface area (Å²) in [5.41, 5.74) is 2.87. The Bertz CT molecular complexity index is 833. The van der Waals surface area contributed by atoms with Crippen LogP contribution in [0.15, 0.2) is 48.5 Å². The minimum Gasteiger partial charge on any atom is -0.394 e. The highest BCUT2D eigenvalue weighted by atomic mass is 16.5. The molecule has 0 spiro atoms. The van der Waals surface area contributed by atoms with Crippen LogP contribution in [-0.2, 0) is 4.74 Å². The van der Waals surface area contributed by atoms with Crippen molar-refractivity contribution in [2.75, 3.05) is 6.61 Å². The first-order valence-corrected chi connectivity index (χ1v) is 7.48. The summed E-state index contributed by atoms with van der Waals surface area (Å²) in [4.78, 5) is 4.70. The van der Waals surface area contributed by atoms with Crippen molar-refractivity contribution in [3.8, 4) is 0 Å². The lowest BCUT2D eigenvalue weighted by Gasteiger charge is -2.13. The number of hydrogen-bond acceptors (Lipinski definition) is 4. The summed E-state index contributed by atoms with van der Waals surface area (Å²) < 4.78 is 5.72. The molecule has 2 aromatic carbocycles. The molecule has 1 saturated heterocycles. The smallest absolute Gasteiger partial charge is 0.107 e. The number of hydrogen-bond donors (Lipinski definition) is 2. The number of aromatic nitrogens is 1. The van der Waals surface area contributed by atoms with E-state index in [1.54, 1.807) is 0 Å². The van der Waals surface area contributed by atoms with Crippen LogP contribution in [0.25, 0.3) is 21.8 Å². The summed E-state index contributed by atoms with van der Waals surface area (Å²) in [6.45, 7) is -0.159. The van der Waals surface area contributed by atoms with E-state index in [2.05, 4.69) is 12.1 Å². The van der Waals surface area contributed by atoms with Crippen molar-refractivity contribution in [2.24, 2.45) is 0 Å². The van der Waals surface area contributed by atoms with E-state index in [1.807, 2.05) is 36.4 Å². The third-order valence-electron chi connectivity index (χ3n) is 4.32. The van der Waals surface area contributed by atoms with Crippen molar-refractivity contribution in [1.29, 1.82) is 0 Å². The van der Waals surface area contributed by atoms with Crippen molar-refractivity contribution < 1.29 is 14.9 Å². The monoisotopic (exact) mass is 295 g/mol. The van der Waals surface area contributed by atoms with Crippen LogP contribution in [0.3, 0.4) is 0 Å². The van der Waals surface area contributed by atoms with Crippen LogP contribution in [0.1, 0.15) is 18.1 Å². The van der Waals surface area contributed by atoms with Crippen molar-refractivity contribution in [3.63, 3.8) is 0 Å². The van der Waals surface area contributed by atoms with Gasteiger partial charge in [-0.3, -0.25) is 0 Å². The fourth-order valence-electron chi connectivity index (χ4n) is 3.10. The van der Waals surface area contributed by atoms with E-state index in [0.29, 0.717) is 6.42 Å². The van der Waals surface area contributed by atoms with Gasteiger partial charge in [0.15, 0.2) is 0 Å². The van der Waals surface area contributed by atoms with Crippen LogP contribution in [-0.4, -0.2) is 34.0 Å².